The zero-order chi connectivity index (χ0) is 11.4. The van der Waals surface area contributed by atoms with Gasteiger partial charge in [0.25, 0.3) is 0 Å². The zero-order valence-electron chi connectivity index (χ0n) is 9.49. The van der Waals surface area contributed by atoms with Crippen LogP contribution in [-0.2, 0) is 0 Å². The van der Waals surface area contributed by atoms with E-state index in [1.54, 1.807) is 0 Å². The Morgan fingerprint density at radius 1 is 1.07 bits per heavy atom. The highest BCUT2D eigenvalue weighted by Crippen LogP contribution is 2.34. The van der Waals surface area contributed by atoms with Crippen LogP contribution in [0.2, 0.25) is 0 Å². The van der Waals surface area contributed by atoms with E-state index in [9.17, 15) is 13.2 Å². The van der Waals surface area contributed by atoms with Gasteiger partial charge < -0.3 is 0 Å². The number of hydrogen-bond acceptors (Lipinski definition) is 0. The van der Waals surface area contributed by atoms with Crippen LogP contribution in [0.3, 0.4) is 0 Å². The molecule has 0 N–H and O–H groups in total. The van der Waals surface area contributed by atoms with Crippen LogP contribution in [0.15, 0.2) is 0 Å². The molecule has 0 rings (SSSR count). The molecule has 86 valence electrons. The van der Waals surface area contributed by atoms with Crippen molar-refractivity contribution in [2.24, 2.45) is 17.8 Å². The Labute approximate surface area is 84.9 Å². The van der Waals surface area contributed by atoms with Crippen molar-refractivity contribution < 1.29 is 13.2 Å². The van der Waals surface area contributed by atoms with Crippen LogP contribution in [0.5, 0.6) is 0 Å². The van der Waals surface area contributed by atoms with Crippen molar-refractivity contribution in [2.75, 3.05) is 0 Å². The summed E-state index contributed by atoms with van der Waals surface area (Å²) in [7, 11) is 0. The van der Waals surface area contributed by atoms with Crippen molar-refractivity contribution in [1.82, 2.24) is 0 Å². The molecular formula is C11H21F3. The molecule has 0 saturated carbocycles. The van der Waals surface area contributed by atoms with E-state index in [1.165, 1.54) is 6.92 Å². The number of alkyl halides is 3. The first-order valence-electron chi connectivity index (χ1n) is 5.35. The summed E-state index contributed by atoms with van der Waals surface area (Å²) in [6, 6.07) is 0. The minimum absolute atomic E-state index is 0.205. The summed E-state index contributed by atoms with van der Waals surface area (Å²) in [5, 5.41) is 0. The summed E-state index contributed by atoms with van der Waals surface area (Å²) in [6.45, 7) is 7.31. The molecule has 2 atom stereocenters. The Balaban J connectivity index is 4.16. The summed E-state index contributed by atoms with van der Waals surface area (Å²) >= 11 is 0. The van der Waals surface area contributed by atoms with Crippen molar-refractivity contribution >= 4 is 0 Å². The molecule has 0 aromatic carbocycles. The first-order chi connectivity index (χ1) is 6.29. The van der Waals surface area contributed by atoms with E-state index in [-0.39, 0.29) is 12.3 Å². The summed E-state index contributed by atoms with van der Waals surface area (Å²) in [5.74, 6) is -0.613. The average Bonchev–Trinajstić information content (AvgIpc) is 2.01. The molecule has 0 amide bonds. The molecule has 0 spiro atoms. The van der Waals surface area contributed by atoms with E-state index in [4.69, 9.17) is 0 Å². The molecule has 0 bridgehead atoms. The molecule has 0 nitrogen and oxygen atoms in total. The molecule has 3 heteroatoms. The quantitative estimate of drug-likeness (QED) is 0.619. The van der Waals surface area contributed by atoms with Gasteiger partial charge in [-0.2, -0.15) is 13.2 Å². The largest absolute Gasteiger partial charge is 0.391 e. The molecule has 0 aromatic heterocycles. The molecular weight excluding hydrogens is 189 g/mol. The lowest BCUT2D eigenvalue weighted by molar-refractivity contribution is -0.174. The van der Waals surface area contributed by atoms with Crippen LogP contribution < -0.4 is 0 Å². The van der Waals surface area contributed by atoms with Gasteiger partial charge in [-0.05, 0) is 18.3 Å². The monoisotopic (exact) mass is 210 g/mol. The van der Waals surface area contributed by atoms with Crippen LogP contribution >= 0.6 is 0 Å². The van der Waals surface area contributed by atoms with Gasteiger partial charge >= 0.3 is 6.18 Å². The van der Waals surface area contributed by atoms with Gasteiger partial charge in [-0.3, -0.25) is 0 Å². The molecule has 0 aromatic rings. The van der Waals surface area contributed by atoms with E-state index < -0.39 is 12.1 Å². The van der Waals surface area contributed by atoms with Crippen LogP contribution in [0.25, 0.3) is 0 Å². The van der Waals surface area contributed by atoms with Crippen molar-refractivity contribution in [1.29, 1.82) is 0 Å². The van der Waals surface area contributed by atoms with Gasteiger partial charge in [0.05, 0.1) is 5.92 Å². The van der Waals surface area contributed by atoms with E-state index >= 15 is 0 Å². The van der Waals surface area contributed by atoms with Gasteiger partial charge in [-0.25, -0.2) is 0 Å². The molecule has 0 radical (unpaired) electrons. The lowest BCUT2D eigenvalue weighted by atomic mass is 9.84. The number of rotatable bonds is 5. The maximum atomic E-state index is 12.3. The van der Waals surface area contributed by atoms with Crippen LogP contribution in [0.4, 0.5) is 13.2 Å². The summed E-state index contributed by atoms with van der Waals surface area (Å²) in [4.78, 5) is 0. The van der Waals surface area contributed by atoms with Crippen LogP contribution in [-0.4, -0.2) is 6.18 Å². The summed E-state index contributed by atoms with van der Waals surface area (Å²) in [6.07, 6.45) is -1.89. The number of halogens is 3. The molecule has 0 saturated heterocycles. The van der Waals surface area contributed by atoms with Gasteiger partial charge in [-0.15, -0.1) is 0 Å². The normalized spacial score (nSPS) is 17.1. The Kier molecular flexibility index (Phi) is 5.53. The second-order valence-electron chi connectivity index (χ2n) is 4.47. The van der Waals surface area contributed by atoms with Gasteiger partial charge in [0.15, 0.2) is 0 Å². The van der Waals surface area contributed by atoms with E-state index in [2.05, 4.69) is 0 Å². The maximum absolute atomic E-state index is 12.3. The smallest absolute Gasteiger partial charge is 0.171 e. The van der Waals surface area contributed by atoms with Gasteiger partial charge in [0, 0.05) is 0 Å². The molecule has 0 fully saturated rings. The Bertz CT molecular complexity index is 149. The van der Waals surface area contributed by atoms with Crippen LogP contribution in [0, 0.1) is 17.8 Å². The lowest BCUT2D eigenvalue weighted by Crippen LogP contribution is -2.24. The fraction of sp³-hybridized carbons (Fsp3) is 1.00. The third kappa shape index (κ3) is 4.87. The van der Waals surface area contributed by atoms with E-state index in [1.807, 2.05) is 20.8 Å². The zero-order valence-corrected chi connectivity index (χ0v) is 9.49. The third-order valence-corrected chi connectivity index (χ3v) is 2.82. The fourth-order valence-corrected chi connectivity index (χ4v) is 1.68. The van der Waals surface area contributed by atoms with Crippen molar-refractivity contribution in [3.05, 3.63) is 0 Å². The SMILES string of the molecule is CCCC(CC(C)C(F)(F)F)C(C)C. The molecule has 2 unspecified atom stereocenters. The predicted molar refractivity (Wildman–Crippen MR) is 53.1 cm³/mol. The van der Waals surface area contributed by atoms with E-state index in [0.717, 1.165) is 12.8 Å². The standard InChI is InChI=1S/C11H21F3/c1-5-6-10(8(2)3)7-9(4)11(12,13)14/h8-10H,5-7H2,1-4H3. The summed E-state index contributed by atoms with van der Waals surface area (Å²) in [5.41, 5.74) is 0. The van der Waals surface area contributed by atoms with Gasteiger partial charge in [-0.1, -0.05) is 40.5 Å². The molecule has 0 aliphatic carbocycles. The highest BCUT2D eigenvalue weighted by molar-refractivity contribution is 4.70. The van der Waals surface area contributed by atoms with Gasteiger partial charge in [0.2, 0.25) is 0 Å². The van der Waals surface area contributed by atoms with Crippen molar-refractivity contribution in [3.8, 4) is 0 Å². The molecule has 0 heterocycles. The Morgan fingerprint density at radius 3 is 1.86 bits per heavy atom. The Morgan fingerprint density at radius 2 is 1.57 bits per heavy atom. The van der Waals surface area contributed by atoms with Gasteiger partial charge in [0.1, 0.15) is 0 Å². The van der Waals surface area contributed by atoms with Crippen molar-refractivity contribution in [3.63, 3.8) is 0 Å². The fourth-order valence-electron chi connectivity index (χ4n) is 1.68. The second kappa shape index (κ2) is 5.62. The van der Waals surface area contributed by atoms with Crippen LogP contribution in [0.1, 0.15) is 47.0 Å². The first kappa shape index (κ1) is 13.8. The third-order valence-electron chi connectivity index (χ3n) is 2.82. The number of hydrogen-bond donors (Lipinski definition) is 0. The van der Waals surface area contributed by atoms with E-state index in [0.29, 0.717) is 5.92 Å². The lowest BCUT2D eigenvalue weighted by Gasteiger charge is -2.25. The minimum Gasteiger partial charge on any atom is -0.171 e. The predicted octanol–water partition coefficient (Wildman–Crippen LogP) is 4.65. The molecule has 14 heavy (non-hydrogen) atoms. The second-order valence-corrected chi connectivity index (χ2v) is 4.47. The summed E-state index contributed by atoms with van der Waals surface area (Å²) < 4.78 is 36.9. The van der Waals surface area contributed by atoms with Crippen molar-refractivity contribution in [2.45, 2.75) is 53.1 Å². The minimum atomic E-state index is -4.03. The average molecular weight is 210 g/mol. The first-order valence-corrected chi connectivity index (χ1v) is 5.35. The Hall–Kier alpha value is -0.210. The highest BCUT2D eigenvalue weighted by atomic mass is 19.4. The molecule has 0 aliphatic rings. The molecule has 0 aliphatic heterocycles. The maximum Gasteiger partial charge on any atom is 0.391 e. The highest BCUT2D eigenvalue weighted by Gasteiger charge is 2.37. The topological polar surface area (TPSA) is 0 Å².